The molecule has 0 radical (unpaired) electrons. The molecule has 9 aromatic rings. The lowest BCUT2D eigenvalue weighted by atomic mass is 9.81. The smallest absolute Gasteiger partial charge is 0.162 e. The molecular weight excluding hydrogens is 591 g/mol. The van der Waals surface area contributed by atoms with E-state index in [0.717, 1.165) is 34.0 Å². The van der Waals surface area contributed by atoms with Crippen molar-refractivity contribution in [2.45, 2.75) is 19.3 Å². The van der Waals surface area contributed by atoms with Gasteiger partial charge < -0.3 is 4.57 Å². The monoisotopic (exact) mass is 619 g/mol. The number of rotatable bonds is 3. The van der Waals surface area contributed by atoms with E-state index in [1.165, 1.54) is 58.7 Å². The van der Waals surface area contributed by atoms with Crippen LogP contribution < -0.4 is 0 Å². The minimum absolute atomic E-state index is 0.227. The molecule has 10 rings (SSSR count). The molecule has 3 nitrogen and oxygen atoms in total. The first-order chi connectivity index (χ1) is 23.1. The average Bonchev–Trinajstić information content (AvgIpc) is 3.74. The second-order valence-electron chi connectivity index (χ2n) is 13.0. The van der Waals surface area contributed by atoms with Crippen LogP contribution in [0.1, 0.15) is 25.0 Å². The fourth-order valence-corrected chi connectivity index (χ4v) is 9.12. The van der Waals surface area contributed by atoms with Gasteiger partial charge in [0, 0.05) is 53.9 Å². The molecule has 0 bridgehead atoms. The Morgan fingerprint density at radius 2 is 1.21 bits per heavy atom. The predicted octanol–water partition coefficient (Wildman–Crippen LogP) is 11.6. The van der Waals surface area contributed by atoms with Gasteiger partial charge in [0.15, 0.2) is 5.82 Å². The second kappa shape index (κ2) is 9.71. The third-order valence-corrected chi connectivity index (χ3v) is 11.2. The van der Waals surface area contributed by atoms with Crippen molar-refractivity contribution < 1.29 is 0 Å². The average molecular weight is 620 g/mol. The van der Waals surface area contributed by atoms with E-state index in [9.17, 15) is 0 Å². The van der Waals surface area contributed by atoms with E-state index in [0.29, 0.717) is 0 Å². The van der Waals surface area contributed by atoms with E-state index in [2.05, 4.69) is 158 Å². The number of nitrogens with zero attached hydrogens (tertiary/aromatic N) is 3. The van der Waals surface area contributed by atoms with Crippen LogP contribution in [0.2, 0.25) is 0 Å². The van der Waals surface area contributed by atoms with E-state index in [1.54, 1.807) is 0 Å². The zero-order valence-corrected chi connectivity index (χ0v) is 26.8. The van der Waals surface area contributed by atoms with Gasteiger partial charge in [-0.2, -0.15) is 0 Å². The Hall–Kier alpha value is -5.58. The first kappa shape index (κ1) is 26.6. The van der Waals surface area contributed by atoms with E-state index in [1.807, 2.05) is 11.3 Å². The molecule has 0 atom stereocenters. The molecule has 0 saturated carbocycles. The lowest BCUT2D eigenvalue weighted by Gasteiger charge is -2.24. The molecule has 6 aromatic carbocycles. The number of hydrogen-bond acceptors (Lipinski definition) is 3. The summed E-state index contributed by atoms with van der Waals surface area (Å²) in [7, 11) is 0. The van der Waals surface area contributed by atoms with Crippen molar-refractivity contribution >= 4 is 53.3 Å². The molecule has 0 N–H and O–H groups in total. The highest BCUT2D eigenvalue weighted by atomic mass is 32.1. The molecule has 3 aromatic heterocycles. The maximum Gasteiger partial charge on any atom is 0.162 e. The Balaban J connectivity index is 1.32. The van der Waals surface area contributed by atoms with Crippen molar-refractivity contribution in [1.29, 1.82) is 0 Å². The van der Waals surface area contributed by atoms with Gasteiger partial charge in [0.25, 0.3) is 0 Å². The summed E-state index contributed by atoms with van der Waals surface area (Å²) in [5.41, 5.74) is 11.1. The number of hydrogen-bond donors (Lipinski definition) is 0. The van der Waals surface area contributed by atoms with Crippen molar-refractivity contribution in [3.63, 3.8) is 0 Å². The Labute approximate surface area is 276 Å². The summed E-state index contributed by atoms with van der Waals surface area (Å²) in [4.78, 5) is 10.9. The molecule has 0 amide bonds. The van der Waals surface area contributed by atoms with Crippen LogP contribution in [0.4, 0.5) is 0 Å². The van der Waals surface area contributed by atoms with Crippen LogP contribution in [0.5, 0.6) is 0 Å². The minimum atomic E-state index is -0.227. The molecule has 0 saturated heterocycles. The van der Waals surface area contributed by atoms with Gasteiger partial charge in [0.05, 0.1) is 32.8 Å². The summed E-state index contributed by atoms with van der Waals surface area (Å²) in [5.74, 6) is 0.736. The molecular formula is C43H29N3S. The van der Waals surface area contributed by atoms with Gasteiger partial charge in [-0.05, 0) is 29.8 Å². The fraction of sp³-hybridized carbons (Fsp3) is 0.0698. The number of thiophene rings is 1. The Morgan fingerprint density at radius 1 is 0.553 bits per heavy atom. The number of para-hydroxylation sites is 2. The molecule has 47 heavy (non-hydrogen) atoms. The maximum atomic E-state index is 5.47. The molecule has 1 aliphatic carbocycles. The zero-order valence-electron chi connectivity index (χ0n) is 26.0. The number of aromatic nitrogens is 3. The van der Waals surface area contributed by atoms with Crippen molar-refractivity contribution in [2.75, 3.05) is 0 Å². The fourth-order valence-electron chi connectivity index (χ4n) is 7.88. The summed E-state index contributed by atoms with van der Waals surface area (Å²) < 4.78 is 5.05. The molecule has 0 aliphatic heterocycles. The van der Waals surface area contributed by atoms with Crippen molar-refractivity contribution in [2.24, 2.45) is 0 Å². The van der Waals surface area contributed by atoms with Crippen LogP contribution in [-0.4, -0.2) is 14.5 Å². The van der Waals surface area contributed by atoms with Crippen LogP contribution in [-0.2, 0) is 5.41 Å². The van der Waals surface area contributed by atoms with Gasteiger partial charge in [0.1, 0.15) is 0 Å². The normalized spacial score (nSPS) is 13.5. The minimum Gasteiger partial charge on any atom is -0.307 e. The van der Waals surface area contributed by atoms with Gasteiger partial charge in [-0.3, -0.25) is 0 Å². The highest BCUT2D eigenvalue weighted by Gasteiger charge is 2.40. The lowest BCUT2D eigenvalue weighted by molar-refractivity contribution is 0.658. The van der Waals surface area contributed by atoms with Gasteiger partial charge in [0.2, 0.25) is 0 Å². The molecule has 1 aliphatic rings. The summed E-state index contributed by atoms with van der Waals surface area (Å²) in [6.07, 6.45) is 0. The zero-order chi connectivity index (χ0) is 31.3. The molecule has 3 heterocycles. The van der Waals surface area contributed by atoms with E-state index < -0.39 is 0 Å². The lowest BCUT2D eigenvalue weighted by Crippen LogP contribution is -2.17. The number of fused-ring (bicyclic) bond motifs is 10. The Morgan fingerprint density at radius 3 is 2.09 bits per heavy atom. The van der Waals surface area contributed by atoms with Gasteiger partial charge in [-0.15, -0.1) is 11.3 Å². The molecule has 0 fully saturated rings. The molecule has 0 spiro atoms. The van der Waals surface area contributed by atoms with Gasteiger partial charge >= 0.3 is 0 Å². The Bertz CT molecular complexity index is 2710. The van der Waals surface area contributed by atoms with Crippen molar-refractivity contribution in [1.82, 2.24) is 14.5 Å². The Kier molecular flexibility index (Phi) is 5.50. The molecule has 0 unspecified atom stereocenters. The molecule has 4 heteroatoms. The SMILES string of the molecule is CC1(C)c2ccccc2-c2nc(-c3ccccc3-n3c4ccccc4c4ccc5c6ccccc6sc5c43)nc(-c3ccccc3)c21. The van der Waals surface area contributed by atoms with Crippen LogP contribution in [0.3, 0.4) is 0 Å². The topological polar surface area (TPSA) is 30.7 Å². The van der Waals surface area contributed by atoms with Crippen LogP contribution in [0, 0.1) is 0 Å². The number of benzene rings is 6. The first-order valence-corrected chi connectivity index (χ1v) is 16.9. The summed E-state index contributed by atoms with van der Waals surface area (Å²) in [6, 6.07) is 50.1. The quantitative estimate of drug-likeness (QED) is 0.197. The largest absolute Gasteiger partial charge is 0.307 e. The third-order valence-electron chi connectivity index (χ3n) is 10.0. The standard InChI is InChI=1S/C43H29N3S/c1-43(2)33-20-10-6-18-31(33)39-37(43)38(26-14-4-3-5-15-26)44-42(45-39)32-19-8-12-22-35(32)46-34-21-11-7-16-27(34)29-24-25-30-28-17-9-13-23-36(28)47-41(30)40(29)46/h3-25H,1-2H3. The van der Waals surface area contributed by atoms with E-state index in [4.69, 9.17) is 9.97 Å². The maximum absolute atomic E-state index is 5.47. The van der Waals surface area contributed by atoms with Crippen LogP contribution >= 0.6 is 11.3 Å². The van der Waals surface area contributed by atoms with E-state index >= 15 is 0 Å². The highest BCUT2D eigenvalue weighted by Crippen LogP contribution is 2.52. The summed E-state index contributed by atoms with van der Waals surface area (Å²) in [5, 5.41) is 5.09. The summed E-state index contributed by atoms with van der Waals surface area (Å²) in [6.45, 7) is 4.60. The second-order valence-corrected chi connectivity index (χ2v) is 14.0. The first-order valence-electron chi connectivity index (χ1n) is 16.1. The van der Waals surface area contributed by atoms with Crippen molar-refractivity contribution in [3.05, 3.63) is 151 Å². The van der Waals surface area contributed by atoms with Crippen molar-refractivity contribution in [3.8, 4) is 39.6 Å². The van der Waals surface area contributed by atoms with Crippen LogP contribution in [0.25, 0.3) is 81.6 Å². The van der Waals surface area contributed by atoms with E-state index in [-0.39, 0.29) is 5.41 Å². The van der Waals surface area contributed by atoms with Crippen LogP contribution in [0.15, 0.2) is 140 Å². The molecule has 222 valence electrons. The highest BCUT2D eigenvalue weighted by molar-refractivity contribution is 7.26. The summed E-state index contributed by atoms with van der Waals surface area (Å²) >= 11 is 1.87. The third kappa shape index (κ3) is 3.67. The predicted molar refractivity (Wildman–Crippen MR) is 198 cm³/mol. The van der Waals surface area contributed by atoms with Gasteiger partial charge in [-0.25, -0.2) is 9.97 Å². The van der Waals surface area contributed by atoms with Gasteiger partial charge in [-0.1, -0.05) is 129 Å².